The van der Waals surface area contributed by atoms with Crippen LogP contribution >= 0.6 is 0 Å². The zero-order chi connectivity index (χ0) is 6.12. The van der Waals surface area contributed by atoms with Crippen LogP contribution in [0.1, 0.15) is 0 Å². The zero-order valence-electron chi connectivity index (χ0n) is 4.30. The molecule has 0 spiro atoms. The molecular formula is C5H11NO. The van der Waals surface area contributed by atoms with Gasteiger partial charge in [-0.1, -0.05) is 12.7 Å². The highest BCUT2D eigenvalue weighted by atomic mass is 16.2. The quantitative estimate of drug-likeness (QED) is 0.379. The van der Waals surface area contributed by atoms with Crippen molar-refractivity contribution in [3.63, 3.8) is 0 Å². The molecule has 0 aliphatic heterocycles. The second kappa shape index (κ2) is 18.8. The molecule has 7 heavy (non-hydrogen) atoms. The van der Waals surface area contributed by atoms with Gasteiger partial charge in [-0.15, -0.1) is 6.58 Å². The Morgan fingerprint density at radius 2 is 1.71 bits per heavy atom. The summed E-state index contributed by atoms with van der Waals surface area (Å²) in [6, 6.07) is 0. The topological polar surface area (TPSA) is 46.2 Å². The highest BCUT2D eigenvalue weighted by Gasteiger charge is 1.43. The number of aliphatic hydroxyl groups is 1. The summed E-state index contributed by atoms with van der Waals surface area (Å²) in [5, 5.41) is 7.33. The molecule has 0 saturated heterocycles. The van der Waals surface area contributed by atoms with Crippen molar-refractivity contribution in [2.24, 2.45) is 5.73 Å². The molecule has 2 nitrogen and oxygen atoms in total. The standard InChI is InChI=1S/C3H7N.C2H4O/c1-2-3-4;1-2-3/h2H,1,3-4H2;2-3H,1H2. The third-order valence-corrected chi connectivity index (χ3v) is 0.167. The van der Waals surface area contributed by atoms with Crippen molar-refractivity contribution < 1.29 is 5.11 Å². The van der Waals surface area contributed by atoms with E-state index in [1.165, 1.54) is 0 Å². The van der Waals surface area contributed by atoms with Crippen molar-refractivity contribution in [1.29, 1.82) is 0 Å². The first-order valence-electron chi connectivity index (χ1n) is 1.89. The Labute approximate surface area is 44.0 Å². The van der Waals surface area contributed by atoms with Crippen molar-refractivity contribution >= 4 is 0 Å². The molecule has 0 unspecified atom stereocenters. The van der Waals surface area contributed by atoms with E-state index in [9.17, 15) is 0 Å². The Balaban J connectivity index is 0. The summed E-state index contributed by atoms with van der Waals surface area (Å²) in [5.74, 6) is 0. The predicted molar refractivity (Wildman–Crippen MR) is 32.1 cm³/mol. The first-order valence-corrected chi connectivity index (χ1v) is 1.89. The highest BCUT2D eigenvalue weighted by Crippen LogP contribution is 1.40. The number of hydrogen-bond acceptors (Lipinski definition) is 2. The zero-order valence-corrected chi connectivity index (χ0v) is 4.30. The molecule has 0 rings (SSSR count). The second-order valence-corrected chi connectivity index (χ2v) is 0.707. The molecule has 0 radical (unpaired) electrons. The maximum absolute atomic E-state index is 7.33. The highest BCUT2D eigenvalue weighted by molar-refractivity contribution is 4.64. The summed E-state index contributed by atoms with van der Waals surface area (Å²) >= 11 is 0. The van der Waals surface area contributed by atoms with E-state index < -0.39 is 0 Å². The maximum Gasteiger partial charge on any atom is 0.0719 e. The smallest absolute Gasteiger partial charge is 0.0719 e. The predicted octanol–water partition coefficient (Wildman–Crippen LogP) is 0.819. The molecule has 0 heterocycles. The van der Waals surface area contributed by atoms with Gasteiger partial charge in [-0.2, -0.15) is 0 Å². The van der Waals surface area contributed by atoms with Crippen molar-refractivity contribution in [3.8, 4) is 0 Å². The molecule has 0 fully saturated rings. The fraction of sp³-hybridized carbons (Fsp3) is 0.200. The van der Waals surface area contributed by atoms with Gasteiger partial charge < -0.3 is 10.8 Å². The summed E-state index contributed by atoms with van der Waals surface area (Å²) in [4.78, 5) is 0. The van der Waals surface area contributed by atoms with Crippen LogP contribution in [0.5, 0.6) is 0 Å². The van der Waals surface area contributed by atoms with Gasteiger partial charge in [0, 0.05) is 6.54 Å². The van der Waals surface area contributed by atoms with Gasteiger partial charge >= 0.3 is 0 Å². The first-order chi connectivity index (χ1) is 3.33. The van der Waals surface area contributed by atoms with E-state index in [1.807, 2.05) is 0 Å². The lowest BCUT2D eigenvalue weighted by atomic mass is 10.7. The van der Waals surface area contributed by atoms with Crippen LogP contribution in [0.2, 0.25) is 0 Å². The van der Waals surface area contributed by atoms with Crippen molar-refractivity contribution in [2.75, 3.05) is 6.54 Å². The van der Waals surface area contributed by atoms with Crippen LogP contribution in [0.25, 0.3) is 0 Å². The second-order valence-electron chi connectivity index (χ2n) is 0.707. The van der Waals surface area contributed by atoms with E-state index in [1.54, 1.807) is 6.08 Å². The lowest BCUT2D eigenvalue weighted by Gasteiger charge is -1.61. The molecule has 0 bridgehead atoms. The average molecular weight is 101 g/mol. The fourth-order valence-electron chi connectivity index (χ4n) is 0. The average Bonchev–Trinajstić information content (AvgIpc) is 1.69. The van der Waals surface area contributed by atoms with Crippen LogP contribution in [0.4, 0.5) is 0 Å². The molecule has 0 aliphatic carbocycles. The molecule has 0 amide bonds. The van der Waals surface area contributed by atoms with Crippen LogP contribution in [-0.4, -0.2) is 11.7 Å². The van der Waals surface area contributed by atoms with E-state index in [4.69, 9.17) is 10.8 Å². The minimum Gasteiger partial charge on any atom is -0.516 e. The molecular weight excluding hydrogens is 90.1 g/mol. The van der Waals surface area contributed by atoms with Crippen LogP contribution < -0.4 is 5.73 Å². The van der Waals surface area contributed by atoms with E-state index in [2.05, 4.69) is 13.2 Å². The Hall–Kier alpha value is -0.760. The molecule has 0 aromatic heterocycles. The lowest BCUT2D eigenvalue weighted by molar-refractivity contribution is 0.476. The SMILES string of the molecule is C=CCN.C=CO. The molecule has 0 aromatic carbocycles. The molecule has 0 atom stereocenters. The molecule has 0 saturated carbocycles. The minimum absolute atomic E-state index is 0.583. The van der Waals surface area contributed by atoms with Crippen LogP contribution in [0.3, 0.4) is 0 Å². The number of aliphatic hydroxyl groups excluding tert-OH is 1. The normalized spacial score (nSPS) is 5.29. The molecule has 0 aromatic rings. The van der Waals surface area contributed by atoms with Gasteiger partial charge in [0.25, 0.3) is 0 Å². The third-order valence-electron chi connectivity index (χ3n) is 0.167. The van der Waals surface area contributed by atoms with Crippen LogP contribution in [-0.2, 0) is 0 Å². The molecule has 3 N–H and O–H groups in total. The van der Waals surface area contributed by atoms with Gasteiger partial charge in [0.2, 0.25) is 0 Å². The van der Waals surface area contributed by atoms with E-state index in [0.717, 1.165) is 6.26 Å². The molecule has 0 aliphatic rings. The Kier molecular flexibility index (Phi) is 25.6. The van der Waals surface area contributed by atoms with Crippen molar-refractivity contribution in [1.82, 2.24) is 0 Å². The Morgan fingerprint density at radius 3 is 1.71 bits per heavy atom. The number of hydrogen-bond donors (Lipinski definition) is 2. The summed E-state index contributed by atoms with van der Waals surface area (Å²) in [6.07, 6.45) is 2.40. The lowest BCUT2D eigenvalue weighted by Crippen LogP contribution is -1.90. The van der Waals surface area contributed by atoms with Gasteiger partial charge in [0.15, 0.2) is 0 Å². The van der Waals surface area contributed by atoms with Gasteiger partial charge in [-0.05, 0) is 0 Å². The summed E-state index contributed by atoms with van der Waals surface area (Å²) in [5.41, 5.74) is 4.91. The van der Waals surface area contributed by atoms with Crippen molar-refractivity contribution in [3.05, 3.63) is 25.5 Å². The van der Waals surface area contributed by atoms with Crippen molar-refractivity contribution in [2.45, 2.75) is 0 Å². The van der Waals surface area contributed by atoms with Crippen LogP contribution in [0.15, 0.2) is 25.5 Å². The monoisotopic (exact) mass is 101 g/mol. The Morgan fingerprint density at radius 1 is 1.57 bits per heavy atom. The van der Waals surface area contributed by atoms with Gasteiger partial charge in [-0.3, -0.25) is 0 Å². The summed E-state index contributed by atoms with van der Waals surface area (Å²) in [6.45, 7) is 6.85. The van der Waals surface area contributed by atoms with E-state index in [-0.39, 0.29) is 0 Å². The largest absolute Gasteiger partial charge is 0.516 e. The van der Waals surface area contributed by atoms with E-state index in [0.29, 0.717) is 6.54 Å². The van der Waals surface area contributed by atoms with Gasteiger partial charge in [0.05, 0.1) is 6.26 Å². The van der Waals surface area contributed by atoms with Gasteiger partial charge in [-0.25, -0.2) is 0 Å². The molecule has 42 valence electrons. The fourth-order valence-corrected chi connectivity index (χ4v) is 0. The number of nitrogens with two attached hydrogens (primary N) is 1. The third kappa shape index (κ3) is 955. The van der Waals surface area contributed by atoms with E-state index >= 15 is 0 Å². The minimum atomic E-state index is 0.583. The Bertz CT molecular complexity index is 43.3. The first kappa shape index (κ1) is 9.53. The number of rotatable bonds is 1. The van der Waals surface area contributed by atoms with Gasteiger partial charge in [0.1, 0.15) is 0 Å². The summed E-state index contributed by atoms with van der Waals surface area (Å²) in [7, 11) is 0. The van der Waals surface area contributed by atoms with Crippen LogP contribution in [0, 0.1) is 0 Å². The summed E-state index contributed by atoms with van der Waals surface area (Å²) < 4.78 is 0. The molecule has 2 heteroatoms. The maximum atomic E-state index is 7.33.